The number of nitrogens with zero attached hydrogens (tertiary/aromatic N) is 2. The van der Waals surface area contributed by atoms with Gasteiger partial charge in [-0.3, -0.25) is 14.9 Å². The van der Waals surface area contributed by atoms with Crippen molar-refractivity contribution in [3.8, 4) is 5.75 Å². The lowest BCUT2D eigenvalue weighted by Crippen LogP contribution is -2.20. The van der Waals surface area contributed by atoms with Gasteiger partial charge in [0.25, 0.3) is 5.69 Å². The summed E-state index contributed by atoms with van der Waals surface area (Å²) < 4.78 is 5.76. The Labute approximate surface area is 174 Å². The van der Waals surface area contributed by atoms with E-state index in [1.165, 1.54) is 17.8 Å². The molecule has 3 aromatic carbocycles. The Morgan fingerprint density at radius 1 is 1.07 bits per heavy atom. The minimum absolute atomic E-state index is 0.0853. The Morgan fingerprint density at radius 3 is 2.47 bits per heavy atom. The summed E-state index contributed by atoms with van der Waals surface area (Å²) in [5, 5.41) is 14.9. The van der Waals surface area contributed by atoms with Crippen LogP contribution in [0.2, 0.25) is 0 Å². The third-order valence-electron chi connectivity index (χ3n) is 4.35. The number of amides is 1. The van der Waals surface area contributed by atoms with E-state index < -0.39 is 10.8 Å². The molecule has 0 aliphatic carbocycles. The first-order chi connectivity index (χ1) is 14.5. The number of hydrogen-bond acceptors (Lipinski definition) is 5. The highest BCUT2D eigenvalue weighted by Crippen LogP contribution is 2.18. The molecule has 1 amide bonds. The van der Waals surface area contributed by atoms with Gasteiger partial charge in [0.15, 0.2) is 0 Å². The second kappa shape index (κ2) is 9.97. The van der Waals surface area contributed by atoms with Gasteiger partial charge in [0.2, 0.25) is 5.91 Å². The number of carbonyl (C=O) groups excluding carboxylic acids is 1. The summed E-state index contributed by atoms with van der Waals surface area (Å²) in [6.45, 7) is 2.52. The summed E-state index contributed by atoms with van der Waals surface area (Å²) in [6.07, 6.45) is 1.38. The van der Waals surface area contributed by atoms with Crippen LogP contribution in [0, 0.1) is 17.0 Å². The molecule has 3 rings (SSSR count). The molecule has 0 unspecified atom stereocenters. The second-order valence-corrected chi connectivity index (χ2v) is 6.70. The van der Waals surface area contributed by atoms with Gasteiger partial charge >= 0.3 is 0 Å². The molecular weight excluding hydrogens is 382 g/mol. The van der Waals surface area contributed by atoms with E-state index in [9.17, 15) is 14.9 Å². The van der Waals surface area contributed by atoms with Gasteiger partial charge in [-0.15, -0.1) is 0 Å². The lowest BCUT2D eigenvalue weighted by Gasteiger charge is -2.07. The fourth-order valence-corrected chi connectivity index (χ4v) is 2.73. The Balaban J connectivity index is 1.49. The van der Waals surface area contributed by atoms with Crippen LogP contribution in [0.1, 0.15) is 22.3 Å². The maximum atomic E-state index is 12.0. The molecule has 0 atom stereocenters. The molecule has 7 heteroatoms. The molecule has 0 aromatic heterocycles. The molecule has 0 fully saturated rings. The molecule has 1 N–H and O–H groups in total. The zero-order valence-corrected chi connectivity index (χ0v) is 16.4. The van der Waals surface area contributed by atoms with Gasteiger partial charge in [-0.1, -0.05) is 48.0 Å². The number of nitro groups is 1. The number of hydrazone groups is 1. The molecule has 0 radical (unpaired) electrons. The van der Waals surface area contributed by atoms with Crippen molar-refractivity contribution in [3.63, 3.8) is 0 Å². The van der Waals surface area contributed by atoms with Crippen LogP contribution in [0.5, 0.6) is 5.75 Å². The number of nitro benzene ring substituents is 1. The fraction of sp³-hybridized carbons (Fsp3) is 0.130. The lowest BCUT2D eigenvalue weighted by atomic mass is 10.1. The number of hydrogen-bond donors (Lipinski definition) is 1. The predicted octanol–water partition coefficient (Wildman–Crippen LogP) is 4.18. The van der Waals surface area contributed by atoms with Crippen LogP contribution >= 0.6 is 0 Å². The van der Waals surface area contributed by atoms with Crippen LogP contribution < -0.4 is 10.2 Å². The Hall–Kier alpha value is -4.00. The minimum atomic E-state index is -0.506. The normalized spacial score (nSPS) is 10.7. The molecule has 0 heterocycles. The summed E-state index contributed by atoms with van der Waals surface area (Å²) in [6, 6.07) is 21.6. The molecule has 0 saturated carbocycles. The summed E-state index contributed by atoms with van der Waals surface area (Å²) in [5.74, 6) is 0.298. The van der Waals surface area contributed by atoms with Crippen molar-refractivity contribution in [2.45, 2.75) is 20.0 Å². The maximum Gasteiger partial charge on any atom is 0.273 e. The van der Waals surface area contributed by atoms with E-state index in [1.54, 1.807) is 18.2 Å². The highest BCUT2D eigenvalue weighted by molar-refractivity contribution is 5.83. The quantitative estimate of drug-likeness (QED) is 0.347. The van der Waals surface area contributed by atoms with Gasteiger partial charge in [-0.25, -0.2) is 5.43 Å². The Bertz CT molecular complexity index is 1040. The zero-order chi connectivity index (χ0) is 21.3. The average molecular weight is 403 g/mol. The van der Waals surface area contributed by atoms with Gasteiger partial charge in [-0.2, -0.15) is 5.10 Å². The van der Waals surface area contributed by atoms with E-state index in [4.69, 9.17) is 4.74 Å². The average Bonchev–Trinajstić information content (AvgIpc) is 2.74. The Kier molecular flexibility index (Phi) is 6.89. The molecule has 30 heavy (non-hydrogen) atoms. The number of rotatable bonds is 8. The van der Waals surface area contributed by atoms with Gasteiger partial charge in [-0.05, 0) is 42.3 Å². The van der Waals surface area contributed by atoms with Crippen molar-refractivity contribution in [2.75, 3.05) is 0 Å². The van der Waals surface area contributed by atoms with Crippen molar-refractivity contribution in [1.29, 1.82) is 0 Å². The Morgan fingerprint density at radius 2 is 1.77 bits per heavy atom. The molecule has 0 aliphatic rings. The lowest BCUT2D eigenvalue weighted by molar-refractivity contribution is -0.385. The van der Waals surface area contributed by atoms with Crippen molar-refractivity contribution in [3.05, 3.63) is 105 Å². The van der Waals surface area contributed by atoms with E-state index in [-0.39, 0.29) is 12.1 Å². The standard InChI is InChI=1S/C23H21N3O4/c1-17-6-8-19(9-7-17)16-30-21-12-10-18(11-13-21)15-24-25-23(27)14-20-4-2-3-5-22(20)26(28)29/h2-13,15H,14,16H2,1H3,(H,25,27). The first kappa shape index (κ1) is 20.7. The van der Waals surface area contributed by atoms with Crippen LogP contribution in [0.3, 0.4) is 0 Å². The number of para-hydroxylation sites is 1. The second-order valence-electron chi connectivity index (χ2n) is 6.70. The van der Waals surface area contributed by atoms with E-state index in [1.807, 2.05) is 55.5 Å². The van der Waals surface area contributed by atoms with E-state index in [0.29, 0.717) is 12.2 Å². The van der Waals surface area contributed by atoms with Crippen molar-refractivity contribution < 1.29 is 14.5 Å². The molecule has 152 valence electrons. The first-order valence-electron chi connectivity index (χ1n) is 9.34. The van der Waals surface area contributed by atoms with Crippen LogP contribution in [0.25, 0.3) is 0 Å². The van der Waals surface area contributed by atoms with Crippen LogP contribution in [-0.2, 0) is 17.8 Å². The van der Waals surface area contributed by atoms with Gasteiger partial charge in [0.1, 0.15) is 12.4 Å². The highest BCUT2D eigenvalue weighted by atomic mass is 16.6. The van der Waals surface area contributed by atoms with Crippen molar-refractivity contribution in [1.82, 2.24) is 5.43 Å². The van der Waals surface area contributed by atoms with Crippen molar-refractivity contribution >= 4 is 17.8 Å². The third kappa shape index (κ3) is 6.00. The summed E-state index contributed by atoms with van der Waals surface area (Å²) in [4.78, 5) is 22.5. The molecular formula is C23H21N3O4. The minimum Gasteiger partial charge on any atom is -0.489 e. The van der Waals surface area contributed by atoms with Crippen molar-refractivity contribution in [2.24, 2.45) is 5.10 Å². The zero-order valence-electron chi connectivity index (χ0n) is 16.4. The number of benzene rings is 3. The molecule has 0 spiro atoms. The highest BCUT2D eigenvalue weighted by Gasteiger charge is 2.14. The first-order valence-corrected chi connectivity index (χ1v) is 9.34. The van der Waals surface area contributed by atoms with E-state index in [0.717, 1.165) is 16.9 Å². The van der Waals surface area contributed by atoms with Crippen LogP contribution in [0.4, 0.5) is 5.69 Å². The third-order valence-corrected chi connectivity index (χ3v) is 4.35. The monoisotopic (exact) mass is 403 g/mol. The number of aryl methyl sites for hydroxylation is 1. The SMILES string of the molecule is Cc1ccc(COc2ccc(C=NNC(=O)Cc3ccccc3[N+](=O)[O-])cc2)cc1. The molecule has 3 aromatic rings. The molecule has 0 saturated heterocycles. The molecule has 0 bridgehead atoms. The van der Waals surface area contributed by atoms with E-state index >= 15 is 0 Å². The smallest absolute Gasteiger partial charge is 0.273 e. The predicted molar refractivity (Wildman–Crippen MR) is 114 cm³/mol. The summed E-state index contributed by atoms with van der Waals surface area (Å²) in [5.41, 5.74) is 5.72. The van der Waals surface area contributed by atoms with Crippen LogP contribution in [-0.4, -0.2) is 17.0 Å². The summed E-state index contributed by atoms with van der Waals surface area (Å²) >= 11 is 0. The number of nitrogens with one attached hydrogen (secondary N) is 1. The molecule has 7 nitrogen and oxygen atoms in total. The van der Waals surface area contributed by atoms with Crippen LogP contribution in [0.15, 0.2) is 77.9 Å². The largest absolute Gasteiger partial charge is 0.489 e. The fourth-order valence-electron chi connectivity index (χ4n) is 2.73. The summed E-state index contributed by atoms with van der Waals surface area (Å²) in [7, 11) is 0. The van der Waals surface area contributed by atoms with Gasteiger partial charge in [0.05, 0.1) is 17.6 Å². The number of ether oxygens (including phenoxy) is 1. The van der Waals surface area contributed by atoms with E-state index in [2.05, 4.69) is 10.5 Å². The topological polar surface area (TPSA) is 93.8 Å². The number of carbonyl (C=O) groups is 1. The van der Waals surface area contributed by atoms with Gasteiger partial charge < -0.3 is 4.74 Å². The van der Waals surface area contributed by atoms with Gasteiger partial charge in [0, 0.05) is 11.6 Å². The maximum absolute atomic E-state index is 12.0. The molecule has 0 aliphatic heterocycles.